The topological polar surface area (TPSA) is 77.4 Å². The van der Waals surface area contributed by atoms with Crippen LogP contribution in [-0.4, -0.2) is 59.4 Å². The fourth-order valence-corrected chi connectivity index (χ4v) is 3.70. The van der Waals surface area contributed by atoms with Crippen LogP contribution in [0.3, 0.4) is 0 Å². The lowest BCUT2D eigenvalue weighted by atomic mass is 10.1. The van der Waals surface area contributed by atoms with Gasteiger partial charge in [0, 0.05) is 25.7 Å². The van der Waals surface area contributed by atoms with Crippen LogP contribution in [0.4, 0.5) is 10.5 Å². The van der Waals surface area contributed by atoms with E-state index in [1.807, 2.05) is 51.7 Å². The minimum absolute atomic E-state index is 0.226. The van der Waals surface area contributed by atoms with Crippen molar-refractivity contribution in [1.29, 1.82) is 0 Å². The zero-order chi connectivity index (χ0) is 21.9. The van der Waals surface area contributed by atoms with Crippen LogP contribution in [0.25, 0.3) is 0 Å². The van der Waals surface area contributed by atoms with Crippen molar-refractivity contribution >= 4 is 17.7 Å². The van der Waals surface area contributed by atoms with Gasteiger partial charge in [0.1, 0.15) is 5.60 Å². The zero-order valence-electron chi connectivity index (χ0n) is 18.9. The SMILES string of the molecule is CCNC(=NCc1ccc(N(C(=O)OC(C)(C)C)C2CC2)c(C)c1)N1CC[C@@H](O)C1. The number of ether oxygens (including phenoxy) is 1. The van der Waals surface area contributed by atoms with Crippen molar-refractivity contribution in [3.8, 4) is 0 Å². The molecule has 166 valence electrons. The summed E-state index contributed by atoms with van der Waals surface area (Å²) in [6, 6.07) is 6.37. The van der Waals surface area contributed by atoms with E-state index >= 15 is 0 Å². The first-order valence-corrected chi connectivity index (χ1v) is 11.0. The average Bonchev–Trinajstić information content (AvgIpc) is 3.39. The monoisotopic (exact) mass is 416 g/mol. The second-order valence-corrected chi connectivity index (χ2v) is 9.26. The minimum Gasteiger partial charge on any atom is -0.443 e. The van der Waals surface area contributed by atoms with E-state index in [0.717, 1.165) is 55.1 Å². The van der Waals surface area contributed by atoms with E-state index in [2.05, 4.69) is 16.3 Å². The molecule has 1 aliphatic carbocycles. The minimum atomic E-state index is -0.515. The van der Waals surface area contributed by atoms with E-state index in [4.69, 9.17) is 9.73 Å². The summed E-state index contributed by atoms with van der Waals surface area (Å²) < 4.78 is 5.64. The number of aliphatic hydroxyl groups is 1. The lowest BCUT2D eigenvalue weighted by Crippen LogP contribution is -2.40. The Hall–Kier alpha value is -2.28. The van der Waals surface area contributed by atoms with Crippen molar-refractivity contribution in [3.05, 3.63) is 29.3 Å². The number of guanidine groups is 1. The first-order chi connectivity index (χ1) is 14.2. The predicted octanol–water partition coefficient (Wildman–Crippen LogP) is 3.43. The Morgan fingerprint density at radius 3 is 2.60 bits per heavy atom. The maximum atomic E-state index is 12.8. The number of anilines is 1. The molecular weight excluding hydrogens is 380 g/mol. The van der Waals surface area contributed by atoms with Crippen molar-refractivity contribution in [1.82, 2.24) is 10.2 Å². The molecule has 1 aromatic rings. The molecule has 30 heavy (non-hydrogen) atoms. The Morgan fingerprint density at radius 1 is 1.33 bits per heavy atom. The Balaban J connectivity index is 1.74. The summed E-state index contributed by atoms with van der Waals surface area (Å²) in [5.74, 6) is 0.837. The molecule has 7 heteroatoms. The number of aryl methyl sites for hydroxylation is 1. The first-order valence-electron chi connectivity index (χ1n) is 11.0. The number of hydrogen-bond donors (Lipinski definition) is 2. The van der Waals surface area contributed by atoms with Gasteiger partial charge in [-0.05, 0) is 71.1 Å². The molecule has 0 spiro atoms. The van der Waals surface area contributed by atoms with Crippen LogP contribution in [0.5, 0.6) is 0 Å². The Labute approximate surface area is 180 Å². The number of carbonyl (C=O) groups is 1. The summed E-state index contributed by atoms with van der Waals surface area (Å²) in [7, 11) is 0. The van der Waals surface area contributed by atoms with Crippen LogP contribution in [0.2, 0.25) is 0 Å². The number of rotatable bonds is 5. The number of carbonyl (C=O) groups excluding carboxylic acids is 1. The highest BCUT2D eigenvalue weighted by atomic mass is 16.6. The van der Waals surface area contributed by atoms with Crippen LogP contribution in [0, 0.1) is 6.92 Å². The molecule has 3 rings (SSSR count). The number of nitrogens with one attached hydrogen (secondary N) is 1. The van der Waals surface area contributed by atoms with Crippen molar-refractivity contribution in [3.63, 3.8) is 0 Å². The highest BCUT2D eigenvalue weighted by molar-refractivity contribution is 5.90. The largest absolute Gasteiger partial charge is 0.443 e. The van der Waals surface area contributed by atoms with E-state index in [9.17, 15) is 9.90 Å². The molecule has 2 fully saturated rings. The Bertz CT molecular complexity index is 783. The van der Waals surface area contributed by atoms with E-state index < -0.39 is 5.60 Å². The molecule has 7 nitrogen and oxygen atoms in total. The molecule has 1 saturated heterocycles. The number of likely N-dealkylation sites (tertiary alicyclic amines) is 1. The molecular formula is C23H36N4O3. The van der Waals surface area contributed by atoms with Gasteiger partial charge < -0.3 is 20.1 Å². The smallest absolute Gasteiger partial charge is 0.415 e. The van der Waals surface area contributed by atoms with Gasteiger partial charge in [-0.1, -0.05) is 12.1 Å². The number of aliphatic hydroxyl groups excluding tert-OH is 1. The molecule has 1 heterocycles. The summed E-state index contributed by atoms with van der Waals surface area (Å²) in [5.41, 5.74) is 2.53. The summed E-state index contributed by atoms with van der Waals surface area (Å²) in [6.45, 7) is 12.5. The number of aliphatic imine (C=N–C) groups is 1. The maximum absolute atomic E-state index is 12.8. The van der Waals surface area contributed by atoms with Crippen LogP contribution >= 0.6 is 0 Å². The average molecular weight is 417 g/mol. The maximum Gasteiger partial charge on any atom is 0.415 e. The summed E-state index contributed by atoms with van der Waals surface area (Å²) in [4.78, 5) is 21.5. The van der Waals surface area contributed by atoms with E-state index in [0.29, 0.717) is 13.1 Å². The fraction of sp³-hybridized carbons (Fsp3) is 0.652. The second-order valence-electron chi connectivity index (χ2n) is 9.26. The van der Waals surface area contributed by atoms with Gasteiger partial charge in [-0.2, -0.15) is 0 Å². The van der Waals surface area contributed by atoms with Crippen molar-refractivity contribution in [2.24, 2.45) is 4.99 Å². The molecule has 1 atom stereocenters. The van der Waals surface area contributed by atoms with E-state index in [1.54, 1.807) is 0 Å². The molecule has 0 radical (unpaired) electrons. The third-order valence-corrected chi connectivity index (χ3v) is 5.23. The van der Waals surface area contributed by atoms with Gasteiger partial charge in [0.25, 0.3) is 0 Å². The van der Waals surface area contributed by atoms with Crippen molar-refractivity contribution < 1.29 is 14.6 Å². The lowest BCUT2D eigenvalue weighted by molar-refractivity contribution is 0.0577. The number of nitrogens with zero attached hydrogens (tertiary/aromatic N) is 3. The van der Waals surface area contributed by atoms with Gasteiger partial charge in [0.05, 0.1) is 18.3 Å². The quantitative estimate of drug-likeness (QED) is 0.568. The Kier molecular flexibility index (Phi) is 6.91. The van der Waals surface area contributed by atoms with E-state index in [1.165, 1.54) is 0 Å². The molecule has 1 aromatic carbocycles. The lowest BCUT2D eigenvalue weighted by Gasteiger charge is -2.28. The van der Waals surface area contributed by atoms with Crippen LogP contribution < -0.4 is 10.2 Å². The molecule has 1 amide bonds. The summed E-state index contributed by atoms with van der Waals surface area (Å²) >= 11 is 0. The third-order valence-electron chi connectivity index (χ3n) is 5.23. The van der Waals surface area contributed by atoms with Crippen molar-refractivity contribution in [2.45, 2.75) is 78.2 Å². The normalized spacial score (nSPS) is 19.7. The highest BCUT2D eigenvalue weighted by Gasteiger charge is 2.37. The fourth-order valence-electron chi connectivity index (χ4n) is 3.70. The zero-order valence-corrected chi connectivity index (χ0v) is 18.9. The van der Waals surface area contributed by atoms with Gasteiger partial charge >= 0.3 is 6.09 Å². The third kappa shape index (κ3) is 5.88. The van der Waals surface area contributed by atoms with Gasteiger partial charge in [-0.15, -0.1) is 0 Å². The van der Waals surface area contributed by atoms with Crippen molar-refractivity contribution in [2.75, 3.05) is 24.5 Å². The van der Waals surface area contributed by atoms with Gasteiger partial charge in [-0.3, -0.25) is 4.90 Å². The van der Waals surface area contributed by atoms with Gasteiger partial charge in [0.2, 0.25) is 0 Å². The number of hydrogen-bond acceptors (Lipinski definition) is 4. The van der Waals surface area contributed by atoms with Crippen LogP contribution in [0.1, 0.15) is 58.1 Å². The molecule has 1 saturated carbocycles. The number of amides is 1. The summed E-state index contributed by atoms with van der Waals surface area (Å²) in [5, 5.41) is 13.1. The van der Waals surface area contributed by atoms with Crippen LogP contribution in [0.15, 0.2) is 23.2 Å². The predicted molar refractivity (Wildman–Crippen MR) is 120 cm³/mol. The second kappa shape index (κ2) is 9.25. The molecule has 0 aromatic heterocycles. The Morgan fingerprint density at radius 2 is 2.07 bits per heavy atom. The molecule has 1 aliphatic heterocycles. The van der Waals surface area contributed by atoms with Gasteiger partial charge in [-0.25, -0.2) is 9.79 Å². The highest BCUT2D eigenvalue weighted by Crippen LogP contribution is 2.35. The van der Waals surface area contributed by atoms with Crippen LogP contribution in [-0.2, 0) is 11.3 Å². The standard InChI is InChI=1S/C23H36N4O3/c1-6-24-21(26-12-11-19(28)15-26)25-14-17-7-10-20(16(2)13-17)27(18-8-9-18)22(29)30-23(3,4)5/h7,10,13,18-19,28H,6,8-9,11-12,14-15H2,1-5H3,(H,24,25)/t19-/m1/s1. The van der Waals surface area contributed by atoms with Gasteiger partial charge in [0.15, 0.2) is 5.96 Å². The molecule has 2 N–H and O–H groups in total. The molecule has 0 bridgehead atoms. The molecule has 2 aliphatic rings. The first kappa shape index (κ1) is 22.4. The molecule has 0 unspecified atom stereocenters. The summed E-state index contributed by atoms with van der Waals surface area (Å²) in [6.07, 6.45) is 2.24. The number of benzene rings is 1. The number of β-amino-alcohol motifs (C(OH)–C–C–N with tert-alkyl or cyclic N) is 1. The van der Waals surface area contributed by atoms with E-state index in [-0.39, 0.29) is 18.2 Å².